The minimum atomic E-state index is 0.734. The Hall–Kier alpha value is -0.120. The molecule has 2 aliphatic rings. The van der Waals surface area contributed by atoms with Gasteiger partial charge in [-0.15, -0.1) is 0 Å². The van der Waals surface area contributed by atoms with Crippen LogP contribution in [-0.4, -0.2) is 73.6 Å². The zero-order chi connectivity index (χ0) is 17.0. The van der Waals surface area contributed by atoms with Crippen LogP contribution < -0.4 is 0 Å². The molecule has 2 heterocycles. The first-order chi connectivity index (χ1) is 10.6. The number of piperidine rings is 1. The first kappa shape index (κ1) is 21.9. The van der Waals surface area contributed by atoms with Crippen LogP contribution in [0, 0.1) is 5.92 Å². The molecule has 3 heteroatoms. The molecular formula is C19H43N3. The van der Waals surface area contributed by atoms with E-state index in [1.54, 1.807) is 0 Å². The van der Waals surface area contributed by atoms with Gasteiger partial charge in [0.15, 0.2) is 0 Å². The van der Waals surface area contributed by atoms with Crippen molar-refractivity contribution in [1.29, 1.82) is 0 Å². The highest BCUT2D eigenvalue weighted by Gasteiger charge is 2.23. The van der Waals surface area contributed by atoms with E-state index in [4.69, 9.17) is 0 Å². The SMILES string of the molecule is CC.CC.CC(C)N1CCC(CN2CCCN(C)CC2)CC1. The van der Waals surface area contributed by atoms with E-state index in [1.165, 1.54) is 65.1 Å². The smallest absolute Gasteiger partial charge is 0.0109 e. The Bertz CT molecular complexity index is 235. The lowest BCUT2D eigenvalue weighted by Gasteiger charge is -2.36. The Morgan fingerprint density at radius 3 is 1.95 bits per heavy atom. The third-order valence-electron chi connectivity index (χ3n) is 4.71. The minimum Gasteiger partial charge on any atom is -0.305 e. The Morgan fingerprint density at radius 2 is 1.41 bits per heavy atom. The van der Waals surface area contributed by atoms with Crippen LogP contribution in [0.3, 0.4) is 0 Å². The van der Waals surface area contributed by atoms with Crippen molar-refractivity contribution in [2.75, 3.05) is 52.9 Å². The van der Waals surface area contributed by atoms with E-state index in [1.807, 2.05) is 27.7 Å². The second kappa shape index (κ2) is 13.3. The standard InChI is InChI=1S/C15H31N3.2C2H6/c1-14(2)18-9-5-15(6-10-18)13-17-8-4-7-16(3)11-12-17;2*1-2/h14-15H,4-13H2,1-3H3;2*1-2H3. The van der Waals surface area contributed by atoms with Gasteiger partial charge in [0.1, 0.15) is 0 Å². The van der Waals surface area contributed by atoms with Gasteiger partial charge in [0.25, 0.3) is 0 Å². The summed E-state index contributed by atoms with van der Waals surface area (Å²) in [7, 11) is 2.25. The van der Waals surface area contributed by atoms with Gasteiger partial charge in [0.05, 0.1) is 0 Å². The van der Waals surface area contributed by atoms with E-state index in [9.17, 15) is 0 Å². The van der Waals surface area contributed by atoms with Crippen molar-refractivity contribution in [3.63, 3.8) is 0 Å². The summed E-state index contributed by atoms with van der Waals surface area (Å²) >= 11 is 0. The van der Waals surface area contributed by atoms with Crippen LogP contribution in [0.4, 0.5) is 0 Å². The summed E-state index contributed by atoms with van der Waals surface area (Å²) in [6, 6.07) is 0.734. The average molecular weight is 314 g/mol. The number of nitrogens with zero attached hydrogens (tertiary/aromatic N) is 3. The highest BCUT2D eigenvalue weighted by Crippen LogP contribution is 2.20. The molecule has 0 amide bonds. The van der Waals surface area contributed by atoms with E-state index in [-0.39, 0.29) is 0 Å². The molecule has 0 unspecified atom stereocenters. The first-order valence-corrected chi connectivity index (χ1v) is 9.80. The van der Waals surface area contributed by atoms with E-state index < -0.39 is 0 Å². The molecule has 0 N–H and O–H groups in total. The lowest BCUT2D eigenvalue weighted by molar-refractivity contribution is 0.123. The summed E-state index contributed by atoms with van der Waals surface area (Å²) in [6.07, 6.45) is 4.16. The molecule has 2 saturated heterocycles. The summed E-state index contributed by atoms with van der Waals surface area (Å²) in [4.78, 5) is 7.81. The van der Waals surface area contributed by atoms with Crippen LogP contribution >= 0.6 is 0 Å². The topological polar surface area (TPSA) is 9.72 Å². The summed E-state index contributed by atoms with van der Waals surface area (Å²) in [5.41, 5.74) is 0. The number of likely N-dealkylation sites (N-methyl/N-ethyl adjacent to an activating group) is 1. The predicted molar refractivity (Wildman–Crippen MR) is 101 cm³/mol. The zero-order valence-corrected chi connectivity index (χ0v) is 16.6. The van der Waals surface area contributed by atoms with Crippen LogP contribution in [-0.2, 0) is 0 Å². The fraction of sp³-hybridized carbons (Fsp3) is 1.00. The van der Waals surface area contributed by atoms with Crippen molar-refractivity contribution in [3.8, 4) is 0 Å². The second-order valence-electron chi connectivity index (χ2n) is 6.53. The molecule has 0 bridgehead atoms. The summed E-state index contributed by atoms with van der Waals surface area (Å²) in [5, 5.41) is 0. The van der Waals surface area contributed by atoms with Crippen LogP contribution in [0.1, 0.15) is 60.8 Å². The van der Waals surface area contributed by atoms with Gasteiger partial charge < -0.3 is 14.7 Å². The highest BCUT2D eigenvalue weighted by atomic mass is 15.2. The molecular weight excluding hydrogens is 270 g/mol. The first-order valence-electron chi connectivity index (χ1n) is 9.80. The van der Waals surface area contributed by atoms with Crippen LogP contribution in [0.5, 0.6) is 0 Å². The Balaban J connectivity index is 0.00000102. The molecule has 2 aliphatic heterocycles. The number of hydrogen-bond donors (Lipinski definition) is 0. The largest absolute Gasteiger partial charge is 0.305 e. The molecule has 0 aromatic carbocycles. The molecule has 2 rings (SSSR count). The predicted octanol–water partition coefficient (Wildman–Crippen LogP) is 3.80. The summed E-state index contributed by atoms with van der Waals surface area (Å²) in [6.45, 7) is 21.8. The van der Waals surface area contributed by atoms with Crippen molar-refractivity contribution in [2.24, 2.45) is 5.92 Å². The van der Waals surface area contributed by atoms with Gasteiger partial charge in [-0.1, -0.05) is 27.7 Å². The number of hydrogen-bond acceptors (Lipinski definition) is 3. The molecule has 0 radical (unpaired) electrons. The second-order valence-corrected chi connectivity index (χ2v) is 6.53. The van der Waals surface area contributed by atoms with E-state index in [2.05, 4.69) is 35.6 Å². The van der Waals surface area contributed by atoms with Crippen LogP contribution in [0.2, 0.25) is 0 Å². The van der Waals surface area contributed by atoms with E-state index in [0.717, 1.165) is 12.0 Å². The Kier molecular flexibility index (Phi) is 13.3. The fourth-order valence-corrected chi connectivity index (χ4v) is 3.30. The fourth-order valence-electron chi connectivity index (χ4n) is 3.30. The maximum Gasteiger partial charge on any atom is 0.0109 e. The van der Waals surface area contributed by atoms with Gasteiger partial charge in [-0.05, 0) is 72.3 Å². The van der Waals surface area contributed by atoms with Crippen molar-refractivity contribution in [3.05, 3.63) is 0 Å². The normalized spacial score (nSPS) is 22.4. The molecule has 2 fully saturated rings. The highest BCUT2D eigenvalue weighted by molar-refractivity contribution is 4.78. The lowest BCUT2D eigenvalue weighted by Crippen LogP contribution is -2.42. The monoisotopic (exact) mass is 313 g/mol. The third-order valence-corrected chi connectivity index (χ3v) is 4.71. The zero-order valence-electron chi connectivity index (χ0n) is 16.6. The van der Waals surface area contributed by atoms with Gasteiger partial charge >= 0.3 is 0 Å². The van der Waals surface area contributed by atoms with Crippen LogP contribution in [0.15, 0.2) is 0 Å². The van der Waals surface area contributed by atoms with Gasteiger partial charge in [0.2, 0.25) is 0 Å². The maximum absolute atomic E-state index is 2.71. The number of rotatable bonds is 3. The van der Waals surface area contributed by atoms with E-state index in [0.29, 0.717) is 0 Å². The molecule has 0 aromatic heterocycles. The molecule has 0 aromatic rings. The molecule has 22 heavy (non-hydrogen) atoms. The van der Waals surface area contributed by atoms with Crippen molar-refractivity contribution in [1.82, 2.24) is 14.7 Å². The average Bonchev–Trinajstić information content (AvgIpc) is 2.76. The Labute approximate surface area is 141 Å². The summed E-state index contributed by atoms with van der Waals surface area (Å²) < 4.78 is 0. The molecule has 0 aliphatic carbocycles. The van der Waals surface area contributed by atoms with E-state index >= 15 is 0 Å². The molecule has 134 valence electrons. The lowest BCUT2D eigenvalue weighted by atomic mass is 9.95. The van der Waals surface area contributed by atoms with Crippen molar-refractivity contribution >= 4 is 0 Å². The van der Waals surface area contributed by atoms with Gasteiger partial charge in [-0.2, -0.15) is 0 Å². The summed E-state index contributed by atoms with van der Waals surface area (Å²) in [5.74, 6) is 0.948. The van der Waals surface area contributed by atoms with Gasteiger partial charge in [0, 0.05) is 25.7 Å². The Morgan fingerprint density at radius 1 is 0.818 bits per heavy atom. The van der Waals surface area contributed by atoms with Gasteiger partial charge in [-0.25, -0.2) is 0 Å². The molecule has 3 nitrogen and oxygen atoms in total. The van der Waals surface area contributed by atoms with Crippen molar-refractivity contribution < 1.29 is 0 Å². The number of likely N-dealkylation sites (tertiary alicyclic amines) is 1. The molecule has 0 saturated carbocycles. The van der Waals surface area contributed by atoms with Gasteiger partial charge in [-0.3, -0.25) is 0 Å². The quantitative estimate of drug-likeness (QED) is 0.785. The molecule has 0 atom stereocenters. The minimum absolute atomic E-state index is 0.734. The third kappa shape index (κ3) is 8.50. The maximum atomic E-state index is 2.71. The molecule has 0 spiro atoms. The van der Waals surface area contributed by atoms with Crippen molar-refractivity contribution in [2.45, 2.75) is 66.8 Å². The van der Waals surface area contributed by atoms with Crippen LogP contribution in [0.25, 0.3) is 0 Å².